The van der Waals surface area contributed by atoms with Gasteiger partial charge in [0.05, 0.1) is 0 Å². The molecule has 1 saturated carbocycles. The summed E-state index contributed by atoms with van der Waals surface area (Å²) in [5.41, 5.74) is -0.579. The van der Waals surface area contributed by atoms with Gasteiger partial charge in [0.15, 0.2) is 0 Å². The summed E-state index contributed by atoms with van der Waals surface area (Å²) < 4.78 is 0. The van der Waals surface area contributed by atoms with E-state index in [1.165, 1.54) is 0 Å². The van der Waals surface area contributed by atoms with Crippen molar-refractivity contribution in [3.05, 3.63) is 0 Å². The SMILES string of the molecule is CC(C)C#CC1(O)CC1. The van der Waals surface area contributed by atoms with Gasteiger partial charge in [-0.2, -0.15) is 0 Å². The molecule has 0 radical (unpaired) electrons. The highest BCUT2D eigenvalue weighted by Crippen LogP contribution is 2.33. The number of rotatable bonds is 0. The van der Waals surface area contributed by atoms with Gasteiger partial charge >= 0.3 is 0 Å². The first-order valence-corrected chi connectivity index (χ1v) is 3.37. The topological polar surface area (TPSA) is 20.2 Å². The lowest BCUT2D eigenvalue weighted by atomic mass is 10.2. The van der Waals surface area contributed by atoms with Crippen LogP contribution >= 0.6 is 0 Å². The smallest absolute Gasteiger partial charge is 0.125 e. The Labute approximate surface area is 56.1 Å². The van der Waals surface area contributed by atoms with Crippen LogP contribution in [0.1, 0.15) is 26.7 Å². The Bertz CT molecular complexity index is 155. The van der Waals surface area contributed by atoms with Gasteiger partial charge < -0.3 is 5.11 Å². The molecule has 0 aromatic heterocycles. The van der Waals surface area contributed by atoms with Gasteiger partial charge in [-0.15, -0.1) is 0 Å². The van der Waals surface area contributed by atoms with E-state index >= 15 is 0 Å². The van der Waals surface area contributed by atoms with Crippen molar-refractivity contribution in [1.82, 2.24) is 0 Å². The summed E-state index contributed by atoms with van der Waals surface area (Å²) in [5, 5.41) is 9.20. The average molecular weight is 124 g/mol. The van der Waals surface area contributed by atoms with Crippen molar-refractivity contribution in [2.24, 2.45) is 5.92 Å². The van der Waals surface area contributed by atoms with Crippen LogP contribution in [0, 0.1) is 17.8 Å². The highest BCUT2D eigenvalue weighted by molar-refractivity contribution is 5.22. The van der Waals surface area contributed by atoms with Gasteiger partial charge in [-0.05, 0) is 12.8 Å². The third-order valence-corrected chi connectivity index (χ3v) is 1.32. The molecule has 0 amide bonds. The second kappa shape index (κ2) is 2.04. The zero-order valence-electron chi connectivity index (χ0n) is 5.94. The fourth-order valence-corrected chi connectivity index (χ4v) is 0.522. The van der Waals surface area contributed by atoms with Crippen molar-refractivity contribution in [2.45, 2.75) is 32.3 Å². The molecule has 1 heteroatoms. The molecule has 0 bridgehead atoms. The first-order valence-electron chi connectivity index (χ1n) is 3.37. The summed E-state index contributed by atoms with van der Waals surface area (Å²) in [5.74, 6) is 6.17. The monoisotopic (exact) mass is 124 g/mol. The lowest BCUT2D eigenvalue weighted by Gasteiger charge is -1.93. The average Bonchev–Trinajstić information content (AvgIpc) is 2.45. The van der Waals surface area contributed by atoms with Gasteiger partial charge in [-0.3, -0.25) is 0 Å². The van der Waals surface area contributed by atoms with E-state index in [9.17, 15) is 5.11 Å². The lowest BCUT2D eigenvalue weighted by Crippen LogP contribution is -2.01. The number of aliphatic hydroxyl groups is 1. The van der Waals surface area contributed by atoms with Gasteiger partial charge in [-0.25, -0.2) is 0 Å². The standard InChI is InChI=1S/C8H12O/c1-7(2)3-4-8(9)5-6-8/h7,9H,5-6H2,1-2H3. The molecule has 0 aliphatic heterocycles. The first kappa shape index (κ1) is 6.64. The Hall–Kier alpha value is -0.480. The predicted molar refractivity (Wildman–Crippen MR) is 36.8 cm³/mol. The Balaban J connectivity index is 2.42. The van der Waals surface area contributed by atoms with Crippen LogP contribution in [0.3, 0.4) is 0 Å². The summed E-state index contributed by atoms with van der Waals surface area (Å²) >= 11 is 0. The van der Waals surface area contributed by atoms with Gasteiger partial charge in [0, 0.05) is 5.92 Å². The van der Waals surface area contributed by atoms with Crippen molar-refractivity contribution in [3.63, 3.8) is 0 Å². The van der Waals surface area contributed by atoms with Crippen LogP contribution in [-0.2, 0) is 0 Å². The fourth-order valence-electron chi connectivity index (χ4n) is 0.522. The van der Waals surface area contributed by atoms with Gasteiger partial charge in [-0.1, -0.05) is 25.7 Å². The molecular weight excluding hydrogens is 112 g/mol. The molecule has 1 nitrogen and oxygen atoms in total. The van der Waals surface area contributed by atoms with Crippen molar-refractivity contribution < 1.29 is 5.11 Å². The quantitative estimate of drug-likeness (QED) is 0.481. The summed E-state index contributed by atoms with van der Waals surface area (Å²) in [4.78, 5) is 0. The number of hydrogen-bond donors (Lipinski definition) is 1. The maximum atomic E-state index is 9.20. The summed E-state index contributed by atoms with van der Waals surface area (Å²) in [7, 11) is 0. The van der Waals surface area contributed by atoms with Crippen LogP contribution in [0.2, 0.25) is 0 Å². The van der Waals surface area contributed by atoms with Crippen LogP contribution in [0.25, 0.3) is 0 Å². The Kier molecular flexibility index (Phi) is 1.50. The summed E-state index contributed by atoms with van der Waals surface area (Å²) in [6, 6.07) is 0. The van der Waals surface area contributed by atoms with E-state index in [2.05, 4.69) is 11.8 Å². The maximum absolute atomic E-state index is 9.20. The van der Waals surface area contributed by atoms with E-state index in [1.807, 2.05) is 13.8 Å². The van der Waals surface area contributed by atoms with Crippen LogP contribution in [-0.4, -0.2) is 10.7 Å². The largest absolute Gasteiger partial charge is 0.378 e. The molecule has 0 unspecified atom stereocenters. The van der Waals surface area contributed by atoms with Gasteiger partial charge in [0.25, 0.3) is 0 Å². The Morgan fingerprint density at radius 2 is 2.00 bits per heavy atom. The van der Waals surface area contributed by atoms with E-state index < -0.39 is 5.60 Å². The van der Waals surface area contributed by atoms with Crippen LogP contribution in [0.15, 0.2) is 0 Å². The van der Waals surface area contributed by atoms with Crippen LogP contribution in [0.4, 0.5) is 0 Å². The molecule has 1 rings (SSSR count). The van der Waals surface area contributed by atoms with Crippen molar-refractivity contribution >= 4 is 0 Å². The minimum Gasteiger partial charge on any atom is -0.378 e. The van der Waals surface area contributed by atoms with E-state index in [4.69, 9.17) is 0 Å². The van der Waals surface area contributed by atoms with E-state index in [1.54, 1.807) is 0 Å². The predicted octanol–water partition coefficient (Wildman–Crippen LogP) is 1.17. The van der Waals surface area contributed by atoms with Gasteiger partial charge in [0.1, 0.15) is 5.60 Å². The molecular formula is C8H12O. The minimum atomic E-state index is -0.579. The lowest BCUT2D eigenvalue weighted by molar-refractivity contribution is 0.212. The number of hydrogen-bond acceptors (Lipinski definition) is 1. The van der Waals surface area contributed by atoms with Gasteiger partial charge in [0.2, 0.25) is 0 Å². The first-order chi connectivity index (χ1) is 4.12. The summed E-state index contributed by atoms with van der Waals surface area (Å²) in [6.07, 6.45) is 1.74. The second-order valence-electron chi connectivity index (χ2n) is 2.96. The molecule has 1 N–H and O–H groups in total. The molecule has 0 spiro atoms. The molecule has 0 aromatic carbocycles. The molecule has 0 heterocycles. The Morgan fingerprint density at radius 1 is 1.44 bits per heavy atom. The highest BCUT2D eigenvalue weighted by Gasteiger charge is 2.38. The van der Waals surface area contributed by atoms with Crippen LogP contribution in [0.5, 0.6) is 0 Å². The van der Waals surface area contributed by atoms with Crippen LogP contribution < -0.4 is 0 Å². The molecule has 0 atom stereocenters. The summed E-state index contributed by atoms with van der Waals surface area (Å²) in [6.45, 7) is 4.05. The highest BCUT2D eigenvalue weighted by atomic mass is 16.3. The molecule has 1 aliphatic carbocycles. The third kappa shape index (κ3) is 2.07. The van der Waals surface area contributed by atoms with Crippen molar-refractivity contribution in [2.75, 3.05) is 0 Å². The fraction of sp³-hybridized carbons (Fsp3) is 0.750. The third-order valence-electron chi connectivity index (χ3n) is 1.32. The maximum Gasteiger partial charge on any atom is 0.125 e. The molecule has 1 aliphatic rings. The minimum absolute atomic E-state index is 0.384. The zero-order chi connectivity index (χ0) is 6.91. The van der Waals surface area contributed by atoms with Crippen molar-refractivity contribution in [1.29, 1.82) is 0 Å². The van der Waals surface area contributed by atoms with E-state index in [0.29, 0.717) is 5.92 Å². The zero-order valence-corrected chi connectivity index (χ0v) is 5.94. The van der Waals surface area contributed by atoms with E-state index in [0.717, 1.165) is 12.8 Å². The Morgan fingerprint density at radius 3 is 2.33 bits per heavy atom. The van der Waals surface area contributed by atoms with Crippen molar-refractivity contribution in [3.8, 4) is 11.8 Å². The molecule has 0 saturated heterocycles. The molecule has 9 heavy (non-hydrogen) atoms. The second-order valence-corrected chi connectivity index (χ2v) is 2.96. The normalized spacial score (nSPS) is 20.9. The van der Waals surface area contributed by atoms with E-state index in [-0.39, 0.29) is 0 Å². The molecule has 1 fully saturated rings. The molecule has 0 aromatic rings. The molecule has 50 valence electrons.